The number of carbonyl (C=O) groups excluding carboxylic acids is 2. The molecule has 0 aliphatic carbocycles. The molecule has 2 amide bonds. The van der Waals surface area contributed by atoms with Gasteiger partial charge in [-0.3, -0.25) is 14.6 Å². The molecule has 10 heteroatoms. The average Bonchev–Trinajstić information content (AvgIpc) is 3.47. The first-order valence-electron chi connectivity index (χ1n) is 9.23. The summed E-state index contributed by atoms with van der Waals surface area (Å²) in [6, 6.07) is 14.3. The second kappa shape index (κ2) is 7.07. The maximum Gasteiger partial charge on any atom is 0.263 e. The molecule has 0 saturated carbocycles. The van der Waals surface area contributed by atoms with Gasteiger partial charge in [0.2, 0.25) is 11.7 Å². The number of rotatable bonds is 5. The van der Waals surface area contributed by atoms with Gasteiger partial charge in [0.25, 0.3) is 11.8 Å². The van der Waals surface area contributed by atoms with Gasteiger partial charge < -0.3 is 9.26 Å². The fourth-order valence-electron chi connectivity index (χ4n) is 3.50. The molecule has 3 aromatic rings. The number of nitrogens with zero attached hydrogens (tertiary/aromatic N) is 6. The summed E-state index contributed by atoms with van der Waals surface area (Å²) in [6.45, 7) is 0.0694. The molecule has 10 nitrogen and oxygen atoms in total. The van der Waals surface area contributed by atoms with Crippen LogP contribution in [0.4, 0.5) is 5.69 Å². The molecule has 150 valence electrons. The molecule has 5 rings (SSSR count). The lowest BCUT2D eigenvalue weighted by Crippen LogP contribution is -2.39. The van der Waals surface area contributed by atoms with E-state index >= 15 is 0 Å². The van der Waals surface area contributed by atoms with Crippen molar-refractivity contribution < 1.29 is 18.8 Å². The average molecular weight is 404 g/mol. The zero-order chi connectivity index (χ0) is 20.7. The van der Waals surface area contributed by atoms with Crippen LogP contribution >= 0.6 is 0 Å². The standard InChI is InChI=1S/C20H16N6O4/c1-29-14-9-7-13(8-10-14)26-19(27)16-17(20(26)28)25(24-22-16)11-15-21-18(23-30-15)12-5-3-2-4-6-12/h2-10,16-17H,11H2,1H3/t16-,17-/m0/s1. The van der Waals surface area contributed by atoms with Gasteiger partial charge in [0.05, 0.1) is 12.8 Å². The number of methoxy groups -OCH3 is 1. The van der Waals surface area contributed by atoms with Gasteiger partial charge in [-0.1, -0.05) is 40.7 Å². The van der Waals surface area contributed by atoms with Gasteiger partial charge in [-0.2, -0.15) is 10.1 Å². The van der Waals surface area contributed by atoms with Gasteiger partial charge in [0.15, 0.2) is 12.1 Å². The lowest BCUT2D eigenvalue weighted by molar-refractivity contribution is -0.123. The third kappa shape index (κ3) is 2.89. The number of benzene rings is 2. The van der Waals surface area contributed by atoms with E-state index in [1.807, 2.05) is 30.3 Å². The monoisotopic (exact) mass is 404 g/mol. The molecule has 30 heavy (non-hydrogen) atoms. The van der Waals surface area contributed by atoms with Crippen molar-refractivity contribution in [1.29, 1.82) is 0 Å². The molecule has 3 heterocycles. The first-order valence-corrected chi connectivity index (χ1v) is 9.23. The maximum atomic E-state index is 13.0. The third-order valence-corrected chi connectivity index (χ3v) is 4.99. The van der Waals surface area contributed by atoms with E-state index in [4.69, 9.17) is 9.26 Å². The molecule has 0 N–H and O–H groups in total. The van der Waals surface area contributed by atoms with Crippen LogP contribution in [0.1, 0.15) is 5.89 Å². The number of anilines is 1. The van der Waals surface area contributed by atoms with Crippen molar-refractivity contribution in [2.45, 2.75) is 18.6 Å². The second-order valence-corrected chi connectivity index (χ2v) is 6.78. The lowest BCUT2D eigenvalue weighted by Gasteiger charge is -2.19. The van der Waals surface area contributed by atoms with Gasteiger partial charge >= 0.3 is 0 Å². The molecule has 1 fully saturated rings. The molecule has 0 bridgehead atoms. The van der Waals surface area contributed by atoms with Crippen LogP contribution in [0.25, 0.3) is 11.4 Å². The summed E-state index contributed by atoms with van der Waals surface area (Å²) in [5.74, 6) is 0.522. The molecule has 2 aliphatic rings. The van der Waals surface area contributed by atoms with Crippen LogP contribution in [0.5, 0.6) is 5.75 Å². The molecular formula is C20H16N6O4. The SMILES string of the molecule is COc1ccc(N2C(=O)[C@H]3N=NN(Cc4nc(-c5ccccc5)no4)[C@@H]3C2=O)cc1. The minimum Gasteiger partial charge on any atom is -0.497 e. The summed E-state index contributed by atoms with van der Waals surface area (Å²) < 4.78 is 10.4. The lowest BCUT2D eigenvalue weighted by atomic mass is 10.1. The minimum atomic E-state index is -0.892. The highest BCUT2D eigenvalue weighted by atomic mass is 16.5. The predicted molar refractivity (Wildman–Crippen MR) is 103 cm³/mol. The van der Waals surface area contributed by atoms with Crippen LogP contribution in [0.2, 0.25) is 0 Å². The molecule has 2 atom stereocenters. The number of carbonyl (C=O) groups is 2. The van der Waals surface area contributed by atoms with Crippen molar-refractivity contribution in [2.75, 3.05) is 12.0 Å². The first-order chi connectivity index (χ1) is 14.7. The fourth-order valence-corrected chi connectivity index (χ4v) is 3.50. The Hall–Kier alpha value is -4.08. The van der Waals surface area contributed by atoms with Crippen LogP contribution in [-0.2, 0) is 16.1 Å². The van der Waals surface area contributed by atoms with Gasteiger partial charge in [-0.15, -0.1) is 0 Å². The first kappa shape index (κ1) is 18.0. The Bertz CT molecular complexity index is 1130. The van der Waals surface area contributed by atoms with Crippen molar-refractivity contribution >= 4 is 17.5 Å². The largest absolute Gasteiger partial charge is 0.497 e. The molecule has 2 aliphatic heterocycles. The summed E-state index contributed by atoms with van der Waals surface area (Å²) in [4.78, 5) is 31.3. The van der Waals surface area contributed by atoms with Gasteiger partial charge in [-0.05, 0) is 24.3 Å². The summed E-state index contributed by atoms with van der Waals surface area (Å²) in [7, 11) is 1.55. The molecule has 0 spiro atoms. The number of imide groups is 1. The van der Waals surface area contributed by atoms with Gasteiger partial charge in [0, 0.05) is 5.56 Å². The van der Waals surface area contributed by atoms with E-state index in [1.54, 1.807) is 31.4 Å². The maximum absolute atomic E-state index is 13.0. The zero-order valence-corrected chi connectivity index (χ0v) is 15.9. The fraction of sp³-hybridized carbons (Fsp3) is 0.200. The highest BCUT2D eigenvalue weighted by Crippen LogP contribution is 2.33. The smallest absolute Gasteiger partial charge is 0.263 e. The van der Waals surface area contributed by atoms with Crippen LogP contribution in [0.15, 0.2) is 69.5 Å². The summed E-state index contributed by atoms with van der Waals surface area (Å²) in [6.07, 6.45) is 0. The van der Waals surface area contributed by atoms with E-state index in [0.29, 0.717) is 17.3 Å². The van der Waals surface area contributed by atoms with Crippen molar-refractivity contribution in [1.82, 2.24) is 15.1 Å². The summed E-state index contributed by atoms with van der Waals surface area (Å²) in [5, 5.41) is 13.4. The Morgan fingerprint density at radius 2 is 1.80 bits per heavy atom. The van der Waals surface area contributed by atoms with E-state index in [2.05, 4.69) is 20.5 Å². The Kier molecular flexibility index (Phi) is 4.24. The highest BCUT2D eigenvalue weighted by molar-refractivity contribution is 6.25. The predicted octanol–water partition coefficient (Wildman–Crippen LogP) is 2.24. The number of amides is 2. The number of ether oxygens (including phenoxy) is 1. The molecule has 1 aromatic heterocycles. The van der Waals surface area contributed by atoms with Crippen molar-refractivity contribution in [3.05, 3.63) is 60.5 Å². The molecule has 0 unspecified atom stereocenters. The zero-order valence-electron chi connectivity index (χ0n) is 15.9. The van der Waals surface area contributed by atoms with E-state index in [1.165, 1.54) is 5.01 Å². The van der Waals surface area contributed by atoms with Crippen molar-refractivity contribution in [3.8, 4) is 17.1 Å². The molecular weight excluding hydrogens is 388 g/mol. The van der Waals surface area contributed by atoms with Gasteiger partial charge in [0.1, 0.15) is 12.3 Å². The van der Waals surface area contributed by atoms with Crippen molar-refractivity contribution in [2.24, 2.45) is 10.3 Å². The van der Waals surface area contributed by atoms with Gasteiger partial charge in [-0.25, -0.2) is 4.90 Å². The second-order valence-electron chi connectivity index (χ2n) is 6.78. The topological polar surface area (TPSA) is 113 Å². The molecule has 2 aromatic carbocycles. The Morgan fingerprint density at radius 1 is 1.03 bits per heavy atom. The van der Waals surface area contributed by atoms with E-state index in [0.717, 1.165) is 10.5 Å². The Labute approximate surface area is 170 Å². The normalized spacial score (nSPS) is 20.2. The number of hydrogen-bond donors (Lipinski definition) is 0. The quantitative estimate of drug-likeness (QED) is 0.599. The van der Waals surface area contributed by atoms with Crippen LogP contribution in [0, 0.1) is 0 Å². The molecule has 1 saturated heterocycles. The Morgan fingerprint density at radius 3 is 2.53 bits per heavy atom. The number of fused-ring (bicyclic) bond motifs is 1. The van der Waals surface area contributed by atoms with Crippen LogP contribution in [-0.4, -0.2) is 46.2 Å². The Balaban J connectivity index is 1.35. The molecule has 0 radical (unpaired) electrons. The number of aromatic nitrogens is 2. The number of hydrogen-bond acceptors (Lipinski definition) is 9. The van der Waals surface area contributed by atoms with Crippen LogP contribution < -0.4 is 9.64 Å². The van der Waals surface area contributed by atoms with E-state index < -0.39 is 23.9 Å². The van der Waals surface area contributed by atoms with E-state index in [9.17, 15) is 9.59 Å². The van der Waals surface area contributed by atoms with Crippen LogP contribution in [0.3, 0.4) is 0 Å². The highest BCUT2D eigenvalue weighted by Gasteiger charge is 2.55. The third-order valence-electron chi connectivity index (χ3n) is 4.99. The van der Waals surface area contributed by atoms with Crippen molar-refractivity contribution in [3.63, 3.8) is 0 Å². The van der Waals surface area contributed by atoms with E-state index in [-0.39, 0.29) is 12.4 Å². The minimum absolute atomic E-state index is 0.0694. The summed E-state index contributed by atoms with van der Waals surface area (Å²) in [5.41, 5.74) is 1.27. The summed E-state index contributed by atoms with van der Waals surface area (Å²) >= 11 is 0.